The lowest BCUT2D eigenvalue weighted by atomic mass is 10.1. The van der Waals surface area contributed by atoms with Gasteiger partial charge in [-0.1, -0.05) is 26.0 Å². The molecule has 0 bridgehead atoms. The maximum atomic E-state index is 13.1. The Morgan fingerprint density at radius 2 is 2.00 bits per heavy atom. The van der Waals surface area contributed by atoms with Crippen molar-refractivity contribution in [1.82, 2.24) is 0 Å². The zero-order valence-electron chi connectivity index (χ0n) is 8.53. The second kappa shape index (κ2) is 4.96. The molecule has 2 N–H and O–H groups in total. The lowest BCUT2D eigenvalue weighted by molar-refractivity contribution is 0.249. The molecule has 0 saturated carbocycles. The highest BCUT2D eigenvalue weighted by molar-refractivity contribution is 5.23. The van der Waals surface area contributed by atoms with Gasteiger partial charge in [-0.15, -0.1) is 0 Å². The number of nitrogens with two attached hydrogens (primary N) is 1. The molecule has 2 nitrogen and oxygen atoms in total. The Balaban J connectivity index is 2.50. The Kier molecular flexibility index (Phi) is 3.89. The molecule has 78 valence electrons. The summed E-state index contributed by atoms with van der Waals surface area (Å²) in [5.74, 6) is 0.258. The van der Waals surface area contributed by atoms with Gasteiger partial charge in [-0.25, -0.2) is 4.39 Å². The number of hydrogen-bond donors (Lipinski definition) is 1. The molecule has 0 aliphatic rings. The zero-order chi connectivity index (χ0) is 10.6. The monoisotopic (exact) mass is 197 g/mol. The summed E-state index contributed by atoms with van der Waals surface area (Å²) >= 11 is 0. The Labute approximate surface area is 83.9 Å². The maximum Gasteiger partial charge on any atom is 0.165 e. The molecule has 3 heteroatoms. The van der Waals surface area contributed by atoms with E-state index in [9.17, 15) is 4.39 Å². The van der Waals surface area contributed by atoms with Crippen molar-refractivity contribution in [1.29, 1.82) is 0 Å². The maximum absolute atomic E-state index is 13.1. The molecule has 1 aromatic carbocycles. The van der Waals surface area contributed by atoms with Crippen LogP contribution in [0, 0.1) is 11.7 Å². The van der Waals surface area contributed by atoms with E-state index in [1.54, 1.807) is 18.2 Å². The van der Waals surface area contributed by atoms with Gasteiger partial charge in [0.2, 0.25) is 0 Å². The van der Waals surface area contributed by atoms with Crippen LogP contribution < -0.4 is 10.5 Å². The zero-order valence-corrected chi connectivity index (χ0v) is 8.53. The summed E-state index contributed by atoms with van der Waals surface area (Å²) in [5, 5.41) is 0. The number of ether oxygens (including phenoxy) is 1. The van der Waals surface area contributed by atoms with Gasteiger partial charge in [-0.05, 0) is 18.1 Å². The Morgan fingerprint density at radius 1 is 1.36 bits per heavy atom. The molecule has 0 spiro atoms. The number of hydrogen-bond acceptors (Lipinski definition) is 2. The van der Waals surface area contributed by atoms with Crippen LogP contribution in [0.25, 0.3) is 0 Å². The van der Waals surface area contributed by atoms with Crippen LogP contribution in [0.5, 0.6) is 5.75 Å². The summed E-state index contributed by atoms with van der Waals surface area (Å²) in [7, 11) is 0. The lowest BCUT2D eigenvalue weighted by Crippen LogP contribution is -2.33. The van der Waals surface area contributed by atoms with Gasteiger partial charge in [-0.3, -0.25) is 0 Å². The smallest absolute Gasteiger partial charge is 0.165 e. The van der Waals surface area contributed by atoms with Crippen LogP contribution in [0.3, 0.4) is 0 Å². The second-order valence-corrected chi connectivity index (χ2v) is 3.65. The summed E-state index contributed by atoms with van der Waals surface area (Å²) in [6.07, 6.45) is 0. The number of rotatable bonds is 4. The van der Waals surface area contributed by atoms with Crippen LogP contribution in [-0.4, -0.2) is 12.6 Å². The highest BCUT2D eigenvalue weighted by Gasteiger charge is 2.09. The first-order chi connectivity index (χ1) is 6.61. The Hall–Kier alpha value is -1.09. The molecule has 1 atom stereocenters. The summed E-state index contributed by atoms with van der Waals surface area (Å²) in [6, 6.07) is 6.28. The first-order valence-electron chi connectivity index (χ1n) is 4.74. The van der Waals surface area contributed by atoms with Crippen LogP contribution in [0.2, 0.25) is 0 Å². The molecule has 0 amide bonds. The third-order valence-electron chi connectivity index (χ3n) is 2.12. The minimum atomic E-state index is -0.344. The average Bonchev–Trinajstić information content (AvgIpc) is 2.16. The number of benzene rings is 1. The van der Waals surface area contributed by atoms with E-state index in [1.165, 1.54) is 6.07 Å². The van der Waals surface area contributed by atoms with Crippen molar-refractivity contribution in [3.8, 4) is 5.75 Å². The van der Waals surface area contributed by atoms with Gasteiger partial charge in [0.05, 0.1) is 0 Å². The van der Waals surface area contributed by atoms with Gasteiger partial charge >= 0.3 is 0 Å². The van der Waals surface area contributed by atoms with Crippen LogP contribution >= 0.6 is 0 Å². The number of para-hydroxylation sites is 1. The van der Waals surface area contributed by atoms with Crippen LogP contribution in [0.4, 0.5) is 4.39 Å². The highest BCUT2D eigenvalue weighted by atomic mass is 19.1. The molecule has 1 unspecified atom stereocenters. The largest absolute Gasteiger partial charge is 0.489 e. The highest BCUT2D eigenvalue weighted by Crippen LogP contribution is 2.15. The molecular formula is C11H16FNO. The molecular weight excluding hydrogens is 181 g/mol. The van der Waals surface area contributed by atoms with Gasteiger partial charge in [0.15, 0.2) is 11.6 Å². The second-order valence-electron chi connectivity index (χ2n) is 3.65. The van der Waals surface area contributed by atoms with E-state index < -0.39 is 0 Å². The molecule has 1 rings (SSSR count). The third kappa shape index (κ3) is 3.00. The van der Waals surface area contributed by atoms with Gasteiger partial charge in [-0.2, -0.15) is 0 Å². The van der Waals surface area contributed by atoms with E-state index in [0.717, 1.165) is 0 Å². The van der Waals surface area contributed by atoms with Gasteiger partial charge < -0.3 is 10.5 Å². The molecule has 0 radical (unpaired) electrons. The standard InChI is InChI=1S/C11H16FNO/c1-8(2)10(13)7-14-11-6-4-3-5-9(11)12/h3-6,8,10H,7,13H2,1-2H3. The summed E-state index contributed by atoms with van der Waals surface area (Å²) in [5.41, 5.74) is 5.77. The average molecular weight is 197 g/mol. The number of halogens is 1. The van der Waals surface area contributed by atoms with E-state index >= 15 is 0 Å². The van der Waals surface area contributed by atoms with Crippen molar-refractivity contribution in [2.24, 2.45) is 11.7 Å². The predicted octanol–water partition coefficient (Wildman–Crippen LogP) is 2.19. The molecule has 14 heavy (non-hydrogen) atoms. The minimum Gasteiger partial charge on any atom is -0.489 e. The van der Waals surface area contributed by atoms with E-state index in [4.69, 9.17) is 10.5 Å². The van der Waals surface area contributed by atoms with Gasteiger partial charge in [0.25, 0.3) is 0 Å². The van der Waals surface area contributed by atoms with E-state index in [1.807, 2.05) is 13.8 Å². The molecule has 0 saturated heterocycles. The van der Waals surface area contributed by atoms with E-state index in [2.05, 4.69) is 0 Å². The first-order valence-corrected chi connectivity index (χ1v) is 4.74. The molecule has 1 aromatic rings. The summed E-state index contributed by atoms with van der Waals surface area (Å²) in [4.78, 5) is 0. The fourth-order valence-corrected chi connectivity index (χ4v) is 0.940. The molecule has 0 fully saturated rings. The molecule has 0 aliphatic heterocycles. The predicted molar refractivity (Wildman–Crippen MR) is 54.7 cm³/mol. The fourth-order valence-electron chi connectivity index (χ4n) is 0.940. The molecule has 0 aliphatic carbocycles. The first kappa shape index (κ1) is 11.0. The topological polar surface area (TPSA) is 35.2 Å². The van der Waals surface area contributed by atoms with Crippen molar-refractivity contribution in [3.05, 3.63) is 30.1 Å². The summed E-state index contributed by atoms with van der Waals surface area (Å²) < 4.78 is 18.3. The van der Waals surface area contributed by atoms with Gasteiger partial charge in [0, 0.05) is 6.04 Å². The van der Waals surface area contributed by atoms with Crippen LogP contribution in [0.15, 0.2) is 24.3 Å². The Morgan fingerprint density at radius 3 is 2.57 bits per heavy atom. The molecule has 0 aromatic heterocycles. The van der Waals surface area contributed by atoms with Crippen molar-refractivity contribution in [2.45, 2.75) is 19.9 Å². The van der Waals surface area contributed by atoms with E-state index in [-0.39, 0.29) is 17.6 Å². The minimum absolute atomic E-state index is 0.0605. The fraction of sp³-hybridized carbons (Fsp3) is 0.455. The van der Waals surface area contributed by atoms with Crippen molar-refractivity contribution >= 4 is 0 Å². The van der Waals surface area contributed by atoms with E-state index in [0.29, 0.717) is 12.5 Å². The van der Waals surface area contributed by atoms with Crippen molar-refractivity contribution < 1.29 is 9.13 Å². The van der Waals surface area contributed by atoms with Crippen molar-refractivity contribution in [3.63, 3.8) is 0 Å². The van der Waals surface area contributed by atoms with Crippen molar-refractivity contribution in [2.75, 3.05) is 6.61 Å². The third-order valence-corrected chi connectivity index (χ3v) is 2.12. The Bertz CT molecular complexity index is 288. The normalized spacial score (nSPS) is 12.9. The lowest BCUT2D eigenvalue weighted by Gasteiger charge is -2.16. The summed E-state index contributed by atoms with van der Waals surface area (Å²) in [6.45, 7) is 4.36. The van der Waals surface area contributed by atoms with Crippen LogP contribution in [0.1, 0.15) is 13.8 Å². The molecule has 0 heterocycles. The SMILES string of the molecule is CC(C)C(N)COc1ccccc1F. The van der Waals surface area contributed by atoms with Crippen LogP contribution in [-0.2, 0) is 0 Å². The van der Waals surface area contributed by atoms with Gasteiger partial charge in [0.1, 0.15) is 6.61 Å². The quantitative estimate of drug-likeness (QED) is 0.803.